The van der Waals surface area contributed by atoms with Crippen LogP contribution in [0.1, 0.15) is 25.0 Å². The zero-order valence-corrected chi connectivity index (χ0v) is 17.0. The molecule has 0 radical (unpaired) electrons. The van der Waals surface area contributed by atoms with Crippen molar-refractivity contribution in [3.63, 3.8) is 0 Å². The quantitative estimate of drug-likeness (QED) is 0.711. The summed E-state index contributed by atoms with van der Waals surface area (Å²) in [5, 5.41) is 5.49. The number of para-hydroxylation sites is 1. The second-order valence-corrected chi connectivity index (χ2v) is 7.51. The van der Waals surface area contributed by atoms with Crippen LogP contribution < -0.4 is 15.4 Å². The van der Waals surface area contributed by atoms with Crippen LogP contribution in [0.15, 0.2) is 42.5 Å². The summed E-state index contributed by atoms with van der Waals surface area (Å²) >= 11 is 1.31. The predicted octanol–water partition coefficient (Wildman–Crippen LogP) is 4.26. The van der Waals surface area contributed by atoms with Crippen molar-refractivity contribution in [2.24, 2.45) is 0 Å². The topological polar surface area (TPSA) is 67.4 Å². The summed E-state index contributed by atoms with van der Waals surface area (Å²) in [4.78, 5) is 24.6. The number of rotatable bonds is 8. The van der Waals surface area contributed by atoms with E-state index >= 15 is 0 Å². The molecule has 27 heavy (non-hydrogen) atoms. The van der Waals surface area contributed by atoms with Gasteiger partial charge in [-0.2, -0.15) is 0 Å². The lowest BCUT2D eigenvalue weighted by Gasteiger charge is -2.16. The zero-order chi connectivity index (χ0) is 19.8. The van der Waals surface area contributed by atoms with Gasteiger partial charge in [0.1, 0.15) is 5.75 Å². The number of ether oxygens (including phenoxy) is 1. The Morgan fingerprint density at radius 3 is 2.44 bits per heavy atom. The van der Waals surface area contributed by atoms with Gasteiger partial charge in [-0.1, -0.05) is 25.1 Å². The number of hydrogen-bond acceptors (Lipinski definition) is 4. The number of carbonyl (C=O) groups is 2. The van der Waals surface area contributed by atoms with E-state index in [1.807, 2.05) is 32.0 Å². The Morgan fingerprint density at radius 2 is 1.81 bits per heavy atom. The highest BCUT2D eigenvalue weighted by Gasteiger charge is 2.17. The molecule has 0 aliphatic rings. The molecule has 0 saturated heterocycles. The Labute approximate surface area is 164 Å². The summed E-state index contributed by atoms with van der Waals surface area (Å²) in [7, 11) is 1.59. The van der Waals surface area contributed by atoms with E-state index in [4.69, 9.17) is 4.74 Å². The fraction of sp³-hybridized carbons (Fsp3) is 0.333. The van der Waals surface area contributed by atoms with Crippen LogP contribution in [-0.4, -0.2) is 29.9 Å². The number of amides is 2. The Morgan fingerprint density at radius 1 is 1.11 bits per heavy atom. The van der Waals surface area contributed by atoms with Crippen molar-refractivity contribution in [1.82, 2.24) is 0 Å². The third-order valence-electron chi connectivity index (χ3n) is 4.20. The minimum absolute atomic E-state index is 0.0961. The van der Waals surface area contributed by atoms with E-state index < -0.39 is 0 Å². The summed E-state index contributed by atoms with van der Waals surface area (Å²) < 4.78 is 5.09. The summed E-state index contributed by atoms with van der Waals surface area (Å²) in [6, 6.07) is 13.1. The van der Waals surface area contributed by atoms with Crippen molar-refractivity contribution in [1.29, 1.82) is 0 Å². The maximum atomic E-state index is 12.5. The van der Waals surface area contributed by atoms with Crippen molar-refractivity contribution in [3.05, 3.63) is 53.6 Å². The molecule has 0 spiro atoms. The molecular weight excluding hydrogens is 360 g/mol. The summed E-state index contributed by atoms with van der Waals surface area (Å²) in [6.45, 7) is 5.85. The SMILES string of the molecule is CCc1cccc(C)c1NC(=O)[C@@H](C)SCC(=O)Nc1ccc(OC)cc1. The van der Waals surface area contributed by atoms with Gasteiger partial charge in [0.15, 0.2) is 0 Å². The Bertz CT molecular complexity index is 791. The van der Waals surface area contributed by atoms with Gasteiger partial charge in [0, 0.05) is 11.4 Å². The van der Waals surface area contributed by atoms with Crippen LogP contribution >= 0.6 is 11.8 Å². The molecule has 2 N–H and O–H groups in total. The molecule has 0 aromatic heterocycles. The molecule has 2 rings (SSSR count). The lowest BCUT2D eigenvalue weighted by atomic mass is 10.1. The molecule has 0 heterocycles. The molecule has 2 amide bonds. The highest BCUT2D eigenvalue weighted by Crippen LogP contribution is 2.23. The summed E-state index contributed by atoms with van der Waals surface area (Å²) in [5.74, 6) is 0.696. The highest BCUT2D eigenvalue weighted by atomic mass is 32.2. The van der Waals surface area contributed by atoms with Crippen LogP contribution in [0.2, 0.25) is 0 Å². The van der Waals surface area contributed by atoms with E-state index in [2.05, 4.69) is 17.6 Å². The fourth-order valence-corrected chi connectivity index (χ4v) is 3.26. The molecule has 0 saturated carbocycles. The lowest BCUT2D eigenvalue weighted by Crippen LogP contribution is -2.25. The van der Waals surface area contributed by atoms with E-state index in [1.54, 1.807) is 31.4 Å². The maximum Gasteiger partial charge on any atom is 0.237 e. The monoisotopic (exact) mass is 386 g/mol. The molecule has 2 aromatic rings. The van der Waals surface area contributed by atoms with Gasteiger partial charge < -0.3 is 15.4 Å². The average Bonchev–Trinajstić information content (AvgIpc) is 2.68. The highest BCUT2D eigenvalue weighted by molar-refractivity contribution is 8.01. The second kappa shape index (κ2) is 10.0. The summed E-state index contributed by atoms with van der Waals surface area (Å²) in [6.07, 6.45) is 0.850. The van der Waals surface area contributed by atoms with E-state index in [0.29, 0.717) is 5.69 Å². The van der Waals surface area contributed by atoms with E-state index in [0.717, 1.165) is 29.0 Å². The molecule has 1 atom stereocenters. The number of benzene rings is 2. The number of hydrogen-bond donors (Lipinski definition) is 2. The first-order valence-corrected chi connectivity index (χ1v) is 9.94. The smallest absolute Gasteiger partial charge is 0.237 e. The molecule has 2 aromatic carbocycles. The van der Waals surface area contributed by atoms with E-state index in [-0.39, 0.29) is 22.8 Å². The van der Waals surface area contributed by atoms with Crippen molar-refractivity contribution in [2.45, 2.75) is 32.4 Å². The van der Waals surface area contributed by atoms with Crippen LogP contribution in [0.25, 0.3) is 0 Å². The van der Waals surface area contributed by atoms with Crippen molar-refractivity contribution >= 4 is 35.0 Å². The predicted molar refractivity (Wildman–Crippen MR) is 113 cm³/mol. The van der Waals surface area contributed by atoms with Crippen LogP contribution in [0, 0.1) is 6.92 Å². The average molecular weight is 387 g/mol. The standard InChI is InChI=1S/C21H26N2O3S/c1-5-16-8-6-7-14(2)20(16)23-21(25)15(3)27-13-19(24)22-17-9-11-18(26-4)12-10-17/h6-12,15H,5,13H2,1-4H3,(H,22,24)(H,23,25)/t15-/m1/s1. The third kappa shape index (κ3) is 6.03. The normalized spacial score (nSPS) is 11.6. The van der Waals surface area contributed by atoms with E-state index in [9.17, 15) is 9.59 Å². The second-order valence-electron chi connectivity index (χ2n) is 6.18. The van der Waals surface area contributed by atoms with Gasteiger partial charge in [-0.15, -0.1) is 11.8 Å². The lowest BCUT2D eigenvalue weighted by molar-refractivity contribution is -0.115. The number of carbonyl (C=O) groups excluding carboxylic acids is 2. The first-order chi connectivity index (χ1) is 12.9. The van der Waals surface area contributed by atoms with Gasteiger partial charge in [-0.25, -0.2) is 0 Å². The van der Waals surface area contributed by atoms with Crippen LogP contribution in [0.5, 0.6) is 5.75 Å². The van der Waals surface area contributed by atoms with Gasteiger partial charge in [0.05, 0.1) is 18.1 Å². The number of aryl methyl sites for hydroxylation is 2. The van der Waals surface area contributed by atoms with Crippen molar-refractivity contribution in [2.75, 3.05) is 23.5 Å². The van der Waals surface area contributed by atoms with Gasteiger partial charge in [0.2, 0.25) is 11.8 Å². The van der Waals surface area contributed by atoms with Crippen LogP contribution in [-0.2, 0) is 16.0 Å². The molecule has 0 aliphatic carbocycles. The molecule has 0 unspecified atom stereocenters. The maximum absolute atomic E-state index is 12.5. The number of methoxy groups -OCH3 is 1. The number of nitrogens with one attached hydrogen (secondary N) is 2. The molecule has 0 aliphatic heterocycles. The zero-order valence-electron chi connectivity index (χ0n) is 16.2. The first-order valence-electron chi connectivity index (χ1n) is 8.89. The Kier molecular flexibility index (Phi) is 7.73. The number of thioether (sulfide) groups is 1. The minimum atomic E-state index is -0.337. The molecule has 6 heteroatoms. The fourth-order valence-electron chi connectivity index (χ4n) is 2.57. The Hall–Kier alpha value is -2.47. The minimum Gasteiger partial charge on any atom is -0.497 e. The third-order valence-corrected chi connectivity index (χ3v) is 5.34. The molecule has 144 valence electrons. The first kappa shape index (κ1) is 20.8. The van der Waals surface area contributed by atoms with Crippen molar-refractivity contribution < 1.29 is 14.3 Å². The molecule has 0 bridgehead atoms. The molecule has 0 fully saturated rings. The van der Waals surface area contributed by atoms with Gasteiger partial charge in [-0.3, -0.25) is 9.59 Å². The van der Waals surface area contributed by atoms with Crippen molar-refractivity contribution in [3.8, 4) is 5.75 Å². The number of anilines is 2. The summed E-state index contributed by atoms with van der Waals surface area (Å²) in [5.41, 5.74) is 3.72. The van der Waals surface area contributed by atoms with Gasteiger partial charge >= 0.3 is 0 Å². The Balaban J connectivity index is 1.86. The van der Waals surface area contributed by atoms with Gasteiger partial charge in [0.25, 0.3) is 0 Å². The van der Waals surface area contributed by atoms with Crippen LogP contribution in [0.4, 0.5) is 11.4 Å². The van der Waals surface area contributed by atoms with E-state index in [1.165, 1.54) is 11.8 Å². The largest absolute Gasteiger partial charge is 0.497 e. The molecular formula is C21H26N2O3S. The molecule has 5 nitrogen and oxygen atoms in total. The van der Waals surface area contributed by atoms with Crippen LogP contribution in [0.3, 0.4) is 0 Å². The van der Waals surface area contributed by atoms with Gasteiger partial charge in [-0.05, 0) is 55.7 Å².